The van der Waals surface area contributed by atoms with Gasteiger partial charge >= 0.3 is 10.2 Å². The van der Waals surface area contributed by atoms with Gasteiger partial charge in [0, 0.05) is 13.1 Å². The lowest BCUT2D eigenvalue weighted by molar-refractivity contribution is 0.281. The van der Waals surface area contributed by atoms with Gasteiger partial charge < -0.3 is 0 Å². The van der Waals surface area contributed by atoms with Crippen LogP contribution in [-0.2, 0) is 15.0 Å². The number of carbonyl (C=O) groups excluding carboxylic acids is 1. The number of piperidine rings is 1. The van der Waals surface area contributed by atoms with E-state index in [1.807, 2.05) is 6.92 Å². The van der Waals surface area contributed by atoms with Gasteiger partial charge in [-0.25, -0.2) is 4.79 Å². The third-order valence-corrected chi connectivity index (χ3v) is 3.39. The van der Waals surface area contributed by atoms with E-state index < -0.39 is 10.2 Å². The maximum atomic E-state index is 11.2. The lowest BCUT2D eigenvalue weighted by atomic mass is 10.0. The first-order chi connectivity index (χ1) is 6.06. The Hall–Kier alpha value is -0.710. The molecule has 1 heterocycles. The molecule has 74 valence electrons. The van der Waals surface area contributed by atoms with E-state index in [-0.39, 0.29) is 0 Å². The van der Waals surface area contributed by atoms with Crippen molar-refractivity contribution in [2.75, 3.05) is 13.1 Å². The Bertz CT molecular complexity index is 319. The highest BCUT2D eigenvalue weighted by Crippen LogP contribution is 2.18. The van der Waals surface area contributed by atoms with Crippen LogP contribution in [0.4, 0.5) is 0 Å². The standard InChI is InChI=1S/C7H12N2O3S/c1-7-3-2-4-9(5-7)13(11,12)8-6-10/h7H,2-5H2,1H3. The van der Waals surface area contributed by atoms with Crippen LogP contribution in [0.1, 0.15) is 19.8 Å². The maximum absolute atomic E-state index is 11.2. The monoisotopic (exact) mass is 204 g/mol. The lowest BCUT2D eigenvalue weighted by Crippen LogP contribution is -2.37. The molecular formula is C7H12N2O3S. The van der Waals surface area contributed by atoms with Crippen LogP contribution in [0.15, 0.2) is 4.40 Å². The zero-order valence-corrected chi connectivity index (χ0v) is 8.25. The molecule has 0 bridgehead atoms. The van der Waals surface area contributed by atoms with Crippen LogP contribution in [-0.4, -0.2) is 31.9 Å². The van der Waals surface area contributed by atoms with Crippen LogP contribution >= 0.6 is 0 Å². The van der Waals surface area contributed by atoms with Gasteiger partial charge in [-0.1, -0.05) is 11.3 Å². The van der Waals surface area contributed by atoms with Crippen molar-refractivity contribution in [3.05, 3.63) is 0 Å². The molecule has 0 aromatic rings. The fraction of sp³-hybridized carbons (Fsp3) is 0.857. The number of hydrogen-bond donors (Lipinski definition) is 0. The number of isocyanates is 1. The predicted octanol–water partition coefficient (Wildman–Crippen LogP) is 0.299. The summed E-state index contributed by atoms with van der Waals surface area (Å²) >= 11 is 0. The van der Waals surface area contributed by atoms with Crippen molar-refractivity contribution in [1.82, 2.24) is 4.31 Å². The third-order valence-electron chi connectivity index (χ3n) is 2.10. The van der Waals surface area contributed by atoms with Crippen LogP contribution in [0, 0.1) is 5.92 Å². The Balaban J connectivity index is 2.76. The smallest absolute Gasteiger partial charge is 0.210 e. The van der Waals surface area contributed by atoms with Gasteiger partial charge in [0.05, 0.1) is 0 Å². The third kappa shape index (κ3) is 2.62. The zero-order chi connectivity index (χ0) is 9.90. The normalized spacial score (nSPS) is 25.2. The first kappa shape index (κ1) is 10.4. The van der Waals surface area contributed by atoms with Gasteiger partial charge in [-0.2, -0.15) is 12.7 Å². The van der Waals surface area contributed by atoms with Crippen LogP contribution in [0.5, 0.6) is 0 Å². The first-order valence-corrected chi connectivity index (χ1v) is 5.55. The Morgan fingerprint density at radius 2 is 2.23 bits per heavy atom. The van der Waals surface area contributed by atoms with Gasteiger partial charge in [0.15, 0.2) is 0 Å². The molecule has 0 N–H and O–H groups in total. The van der Waals surface area contributed by atoms with Gasteiger partial charge in [-0.05, 0) is 18.8 Å². The fourth-order valence-corrected chi connectivity index (χ4v) is 2.47. The molecule has 1 unspecified atom stereocenters. The molecule has 0 saturated carbocycles. The van der Waals surface area contributed by atoms with E-state index >= 15 is 0 Å². The van der Waals surface area contributed by atoms with Gasteiger partial charge in [-0.3, -0.25) is 0 Å². The highest BCUT2D eigenvalue weighted by molar-refractivity contribution is 7.87. The fourth-order valence-electron chi connectivity index (χ4n) is 1.46. The summed E-state index contributed by atoms with van der Waals surface area (Å²) in [5.41, 5.74) is 0. The minimum Gasteiger partial charge on any atom is -0.210 e. The molecule has 6 heteroatoms. The van der Waals surface area contributed by atoms with Gasteiger partial charge in [-0.15, -0.1) is 0 Å². The van der Waals surface area contributed by atoms with Crippen LogP contribution in [0.3, 0.4) is 0 Å². The molecule has 0 radical (unpaired) electrons. The van der Waals surface area contributed by atoms with Crippen molar-refractivity contribution in [3.63, 3.8) is 0 Å². The van der Waals surface area contributed by atoms with E-state index in [0.717, 1.165) is 18.9 Å². The molecule has 1 atom stereocenters. The highest BCUT2D eigenvalue weighted by atomic mass is 32.2. The summed E-state index contributed by atoms with van der Waals surface area (Å²) in [6, 6.07) is 0. The molecule has 5 nitrogen and oxygen atoms in total. The summed E-state index contributed by atoms with van der Waals surface area (Å²) in [5, 5.41) is 0. The van der Waals surface area contributed by atoms with Gasteiger partial charge in [0.25, 0.3) is 6.08 Å². The zero-order valence-electron chi connectivity index (χ0n) is 7.43. The number of rotatable bonds is 2. The van der Waals surface area contributed by atoms with E-state index in [9.17, 15) is 13.2 Å². The van der Waals surface area contributed by atoms with Crippen molar-refractivity contribution in [2.24, 2.45) is 10.3 Å². The Labute approximate surface area is 77.6 Å². The summed E-state index contributed by atoms with van der Waals surface area (Å²) in [6.07, 6.45) is 2.92. The molecular weight excluding hydrogens is 192 g/mol. The minimum atomic E-state index is -3.73. The first-order valence-electron chi connectivity index (χ1n) is 4.15. The van der Waals surface area contributed by atoms with E-state index in [1.54, 1.807) is 0 Å². The quantitative estimate of drug-likeness (QED) is 0.480. The number of nitrogens with zero attached hydrogens (tertiary/aromatic N) is 2. The molecule has 0 aromatic heterocycles. The Kier molecular flexibility index (Phi) is 3.19. The summed E-state index contributed by atoms with van der Waals surface area (Å²) < 4.78 is 26.5. The molecule has 1 rings (SSSR count). The highest BCUT2D eigenvalue weighted by Gasteiger charge is 2.26. The summed E-state index contributed by atoms with van der Waals surface area (Å²) in [4.78, 5) is 9.85. The van der Waals surface area contributed by atoms with Crippen molar-refractivity contribution in [2.45, 2.75) is 19.8 Å². The van der Waals surface area contributed by atoms with Crippen LogP contribution < -0.4 is 0 Å². The predicted molar refractivity (Wildman–Crippen MR) is 47.0 cm³/mol. The Morgan fingerprint density at radius 1 is 1.54 bits per heavy atom. The molecule has 1 fully saturated rings. The van der Waals surface area contributed by atoms with Gasteiger partial charge in [0.2, 0.25) is 0 Å². The molecule has 1 aliphatic heterocycles. The van der Waals surface area contributed by atoms with Crippen molar-refractivity contribution < 1.29 is 13.2 Å². The topological polar surface area (TPSA) is 66.8 Å². The second kappa shape index (κ2) is 4.00. The largest absolute Gasteiger partial charge is 0.332 e. The van der Waals surface area contributed by atoms with Crippen LogP contribution in [0.2, 0.25) is 0 Å². The van der Waals surface area contributed by atoms with E-state index in [1.165, 1.54) is 4.31 Å². The summed E-state index contributed by atoms with van der Waals surface area (Å²) in [7, 11) is -3.73. The number of hydrogen-bond acceptors (Lipinski definition) is 3. The van der Waals surface area contributed by atoms with E-state index in [2.05, 4.69) is 4.40 Å². The second-order valence-electron chi connectivity index (χ2n) is 3.27. The second-order valence-corrected chi connectivity index (χ2v) is 4.86. The minimum absolute atomic E-state index is 0.338. The summed E-state index contributed by atoms with van der Waals surface area (Å²) in [6.45, 7) is 2.89. The van der Waals surface area contributed by atoms with Crippen LogP contribution in [0.25, 0.3) is 0 Å². The van der Waals surface area contributed by atoms with Crippen molar-refractivity contribution >= 4 is 16.3 Å². The molecule has 0 aromatic carbocycles. The molecule has 13 heavy (non-hydrogen) atoms. The molecule has 0 amide bonds. The summed E-state index contributed by atoms with van der Waals surface area (Å²) in [5.74, 6) is 0.338. The average Bonchev–Trinajstić information content (AvgIpc) is 2.04. The Morgan fingerprint density at radius 3 is 2.77 bits per heavy atom. The SMILES string of the molecule is CC1CCCN(S(=O)(=O)N=C=O)C1. The molecule has 0 aliphatic carbocycles. The lowest BCUT2D eigenvalue weighted by Gasteiger charge is -2.27. The van der Waals surface area contributed by atoms with Crippen molar-refractivity contribution in [1.29, 1.82) is 0 Å². The van der Waals surface area contributed by atoms with E-state index in [0.29, 0.717) is 19.0 Å². The van der Waals surface area contributed by atoms with E-state index in [4.69, 9.17) is 0 Å². The van der Waals surface area contributed by atoms with Crippen molar-refractivity contribution in [3.8, 4) is 0 Å². The average molecular weight is 204 g/mol. The van der Waals surface area contributed by atoms with Gasteiger partial charge in [0.1, 0.15) is 0 Å². The molecule has 0 spiro atoms. The molecule has 1 aliphatic rings. The maximum Gasteiger partial charge on any atom is 0.332 e. The molecule has 1 saturated heterocycles.